The molecule has 0 radical (unpaired) electrons. The van der Waals surface area contributed by atoms with E-state index in [2.05, 4.69) is 10.6 Å². The van der Waals surface area contributed by atoms with Crippen LogP contribution in [0.25, 0.3) is 0 Å². The van der Waals surface area contributed by atoms with E-state index in [1.54, 1.807) is 35.2 Å². The van der Waals surface area contributed by atoms with Crippen molar-refractivity contribution in [1.29, 1.82) is 0 Å². The van der Waals surface area contributed by atoms with Crippen molar-refractivity contribution < 1.29 is 23.9 Å². The minimum atomic E-state index is -1.30. The number of nitrogens with zero attached hydrogens (tertiary/aromatic N) is 1. The molecule has 4 amide bonds. The van der Waals surface area contributed by atoms with Crippen molar-refractivity contribution in [2.45, 2.75) is 25.5 Å². The molecule has 1 saturated heterocycles. The number of likely N-dealkylation sites (tertiary alicyclic amines) is 1. The van der Waals surface area contributed by atoms with Crippen LogP contribution >= 0.6 is 0 Å². The van der Waals surface area contributed by atoms with Crippen LogP contribution in [0.5, 0.6) is 0 Å². The second kappa shape index (κ2) is 9.88. The molecule has 0 aliphatic carbocycles. The summed E-state index contributed by atoms with van der Waals surface area (Å²) in [6, 6.07) is 17.1. The highest BCUT2D eigenvalue weighted by Gasteiger charge is 2.39. The zero-order valence-corrected chi connectivity index (χ0v) is 17.4. The minimum absolute atomic E-state index is 0.00851. The molecule has 8 nitrogen and oxygen atoms in total. The van der Waals surface area contributed by atoms with E-state index in [1.807, 2.05) is 37.3 Å². The number of hydrogen-bond acceptors (Lipinski definition) is 5. The number of nitrogens with one attached hydrogen (secondary N) is 2. The first kappa shape index (κ1) is 22.0. The third-order valence-corrected chi connectivity index (χ3v) is 5.28. The predicted octanol–water partition coefficient (Wildman–Crippen LogP) is 2.34. The van der Waals surface area contributed by atoms with Gasteiger partial charge in [0.2, 0.25) is 12.0 Å². The average molecular weight is 423 g/mol. The lowest BCUT2D eigenvalue weighted by Gasteiger charge is -2.25. The molecule has 0 bridgehead atoms. The van der Waals surface area contributed by atoms with Crippen molar-refractivity contribution in [3.8, 4) is 0 Å². The standard InChI is InChI=1S/C23H25N3O5/c1-15(16-9-5-3-6-10-16)26-14-18(13-19(26)27)22(29)31-20(17-11-7-4-8-12-17)21(28)25-23(30)24-2/h3-12,15,18,20H,13-14H2,1-2H3,(H2,24,25,28,30)/t15-,18-,20-/m0/s1. The van der Waals surface area contributed by atoms with Crippen molar-refractivity contribution >= 4 is 23.8 Å². The number of imide groups is 1. The van der Waals surface area contributed by atoms with Crippen LogP contribution in [0.4, 0.5) is 4.79 Å². The number of ether oxygens (including phenoxy) is 1. The summed E-state index contributed by atoms with van der Waals surface area (Å²) in [5.74, 6) is -2.27. The summed E-state index contributed by atoms with van der Waals surface area (Å²) in [7, 11) is 1.37. The zero-order chi connectivity index (χ0) is 22.4. The highest BCUT2D eigenvalue weighted by molar-refractivity contribution is 5.98. The number of carbonyl (C=O) groups is 4. The van der Waals surface area contributed by atoms with Crippen LogP contribution < -0.4 is 10.6 Å². The molecule has 1 fully saturated rings. The maximum atomic E-state index is 12.9. The van der Waals surface area contributed by atoms with Gasteiger partial charge in [-0.2, -0.15) is 0 Å². The van der Waals surface area contributed by atoms with Gasteiger partial charge in [-0.25, -0.2) is 4.79 Å². The van der Waals surface area contributed by atoms with Crippen LogP contribution in [-0.4, -0.2) is 42.3 Å². The van der Waals surface area contributed by atoms with Crippen LogP contribution in [0, 0.1) is 5.92 Å². The number of esters is 1. The first-order chi connectivity index (χ1) is 14.9. The topological polar surface area (TPSA) is 105 Å². The lowest BCUT2D eigenvalue weighted by molar-refractivity contribution is -0.159. The van der Waals surface area contributed by atoms with E-state index in [9.17, 15) is 19.2 Å². The van der Waals surface area contributed by atoms with E-state index in [0.29, 0.717) is 5.56 Å². The Morgan fingerprint density at radius 1 is 1.00 bits per heavy atom. The molecule has 0 saturated carbocycles. The van der Waals surface area contributed by atoms with Gasteiger partial charge >= 0.3 is 12.0 Å². The number of rotatable bonds is 6. The van der Waals surface area contributed by atoms with Gasteiger partial charge < -0.3 is 15.0 Å². The normalized spacial score (nSPS) is 17.5. The van der Waals surface area contributed by atoms with Crippen molar-refractivity contribution in [3.63, 3.8) is 0 Å². The number of amides is 4. The summed E-state index contributed by atoms with van der Waals surface area (Å²) < 4.78 is 5.50. The number of hydrogen-bond donors (Lipinski definition) is 2. The maximum Gasteiger partial charge on any atom is 0.321 e. The Morgan fingerprint density at radius 2 is 1.58 bits per heavy atom. The van der Waals surface area contributed by atoms with Gasteiger partial charge in [-0.3, -0.25) is 19.7 Å². The van der Waals surface area contributed by atoms with Crippen molar-refractivity contribution in [3.05, 3.63) is 71.8 Å². The van der Waals surface area contributed by atoms with Gasteiger partial charge in [0.05, 0.1) is 12.0 Å². The van der Waals surface area contributed by atoms with Gasteiger partial charge in [0.15, 0.2) is 0 Å². The molecular formula is C23H25N3O5. The SMILES string of the molecule is CNC(=O)NC(=O)[C@@H](OC(=O)[C@H]1CC(=O)N([C@@H](C)c2ccccc2)C1)c1ccccc1. The fourth-order valence-electron chi connectivity index (χ4n) is 3.53. The first-order valence-corrected chi connectivity index (χ1v) is 10.0. The van der Waals surface area contributed by atoms with Crippen LogP contribution in [0.3, 0.4) is 0 Å². The summed E-state index contributed by atoms with van der Waals surface area (Å²) >= 11 is 0. The monoisotopic (exact) mass is 423 g/mol. The molecule has 1 aliphatic rings. The van der Waals surface area contributed by atoms with E-state index in [4.69, 9.17) is 4.74 Å². The Bertz CT molecular complexity index is 948. The number of carbonyl (C=O) groups excluding carboxylic acids is 4. The highest BCUT2D eigenvalue weighted by Crippen LogP contribution is 2.30. The summed E-state index contributed by atoms with van der Waals surface area (Å²) in [5.41, 5.74) is 1.40. The van der Waals surface area contributed by atoms with Gasteiger partial charge in [-0.15, -0.1) is 0 Å². The largest absolute Gasteiger partial charge is 0.447 e. The molecule has 2 N–H and O–H groups in total. The second-order valence-corrected chi connectivity index (χ2v) is 7.33. The Hall–Kier alpha value is -3.68. The summed E-state index contributed by atoms with van der Waals surface area (Å²) in [6.45, 7) is 2.11. The molecule has 0 aromatic heterocycles. The Labute approximate surface area is 180 Å². The van der Waals surface area contributed by atoms with Gasteiger partial charge in [-0.1, -0.05) is 60.7 Å². The van der Waals surface area contributed by atoms with Gasteiger partial charge in [0, 0.05) is 25.6 Å². The fourth-order valence-corrected chi connectivity index (χ4v) is 3.53. The molecule has 8 heteroatoms. The summed E-state index contributed by atoms with van der Waals surface area (Å²) in [5, 5.41) is 4.43. The molecule has 2 aromatic rings. The Kier molecular flexibility index (Phi) is 7.02. The van der Waals surface area contributed by atoms with Crippen LogP contribution in [0.1, 0.15) is 36.6 Å². The molecule has 1 aliphatic heterocycles. The molecule has 0 unspecified atom stereocenters. The lowest BCUT2D eigenvalue weighted by atomic mass is 10.1. The van der Waals surface area contributed by atoms with Crippen molar-refractivity contribution in [2.24, 2.45) is 5.92 Å². The van der Waals surface area contributed by atoms with Gasteiger partial charge in [0.1, 0.15) is 0 Å². The maximum absolute atomic E-state index is 12.9. The van der Waals surface area contributed by atoms with Crippen LogP contribution in [-0.2, 0) is 19.1 Å². The smallest absolute Gasteiger partial charge is 0.321 e. The van der Waals surface area contributed by atoms with Crippen LogP contribution in [0.15, 0.2) is 60.7 Å². The lowest BCUT2D eigenvalue weighted by Crippen LogP contribution is -2.41. The molecule has 162 valence electrons. The fraction of sp³-hybridized carbons (Fsp3) is 0.304. The minimum Gasteiger partial charge on any atom is -0.447 e. The van der Waals surface area contributed by atoms with Gasteiger partial charge in [0.25, 0.3) is 5.91 Å². The molecule has 3 rings (SSSR count). The molecule has 0 spiro atoms. The molecule has 31 heavy (non-hydrogen) atoms. The highest BCUT2D eigenvalue weighted by atomic mass is 16.5. The second-order valence-electron chi connectivity index (χ2n) is 7.33. The van der Waals surface area contributed by atoms with E-state index in [0.717, 1.165) is 5.56 Å². The molecule has 1 heterocycles. The summed E-state index contributed by atoms with van der Waals surface area (Å²) in [6.07, 6.45) is -1.30. The predicted molar refractivity (Wildman–Crippen MR) is 113 cm³/mol. The van der Waals surface area contributed by atoms with Crippen LogP contribution in [0.2, 0.25) is 0 Å². The van der Waals surface area contributed by atoms with E-state index in [-0.39, 0.29) is 24.9 Å². The third-order valence-electron chi connectivity index (χ3n) is 5.28. The molecular weight excluding hydrogens is 398 g/mol. The molecule has 3 atom stereocenters. The van der Waals surface area contributed by atoms with Gasteiger partial charge in [-0.05, 0) is 12.5 Å². The third kappa shape index (κ3) is 5.28. The van der Waals surface area contributed by atoms with E-state index >= 15 is 0 Å². The molecule has 2 aromatic carbocycles. The van der Waals surface area contributed by atoms with Crippen molar-refractivity contribution in [1.82, 2.24) is 15.5 Å². The number of urea groups is 1. The van der Waals surface area contributed by atoms with Crippen molar-refractivity contribution in [2.75, 3.05) is 13.6 Å². The first-order valence-electron chi connectivity index (χ1n) is 10.0. The van der Waals surface area contributed by atoms with E-state index in [1.165, 1.54) is 7.05 Å². The number of benzene rings is 2. The zero-order valence-electron chi connectivity index (χ0n) is 17.4. The average Bonchev–Trinajstić information content (AvgIpc) is 3.19. The quantitative estimate of drug-likeness (QED) is 0.694. The Morgan fingerprint density at radius 3 is 2.16 bits per heavy atom. The summed E-state index contributed by atoms with van der Waals surface area (Å²) in [4.78, 5) is 51.2. The Balaban J connectivity index is 1.72. The van der Waals surface area contributed by atoms with E-state index < -0.39 is 29.9 Å².